The Hall–Kier alpha value is -1.04. The molecule has 0 aliphatic carbocycles. The Labute approximate surface area is 98.8 Å². The molecule has 3 nitrogen and oxygen atoms in total. The summed E-state index contributed by atoms with van der Waals surface area (Å²) in [6.45, 7) is 9.90. The van der Waals surface area contributed by atoms with Gasteiger partial charge in [0.2, 0.25) is 0 Å². The first-order valence-electron chi connectivity index (χ1n) is 5.94. The molecule has 0 rings (SSSR count). The third-order valence-corrected chi connectivity index (χ3v) is 3.00. The van der Waals surface area contributed by atoms with Gasteiger partial charge in [0.1, 0.15) is 0 Å². The summed E-state index contributed by atoms with van der Waals surface area (Å²) in [5, 5.41) is 9.39. The van der Waals surface area contributed by atoms with E-state index in [9.17, 15) is 10.1 Å². The Balaban J connectivity index is 5.14. The topological polar surface area (TPSA) is 50.1 Å². The van der Waals surface area contributed by atoms with E-state index in [4.69, 9.17) is 4.74 Å². The van der Waals surface area contributed by atoms with Gasteiger partial charge >= 0.3 is 5.97 Å². The highest BCUT2D eigenvalue weighted by Gasteiger charge is 2.49. The smallest absolute Gasteiger partial charge is 0.327 e. The number of ether oxygens (including phenoxy) is 1. The van der Waals surface area contributed by atoms with Crippen LogP contribution in [0.25, 0.3) is 0 Å². The molecule has 0 heterocycles. The van der Waals surface area contributed by atoms with Crippen molar-refractivity contribution in [2.45, 2.75) is 53.9 Å². The maximum atomic E-state index is 12.0. The van der Waals surface area contributed by atoms with Crippen LogP contribution in [0, 0.1) is 22.2 Å². The van der Waals surface area contributed by atoms with Gasteiger partial charge in [-0.05, 0) is 18.8 Å². The molecule has 0 saturated heterocycles. The molecule has 1 unspecified atom stereocenters. The molecule has 3 heteroatoms. The van der Waals surface area contributed by atoms with Crippen LogP contribution < -0.4 is 0 Å². The van der Waals surface area contributed by atoms with Gasteiger partial charge in [0.15, 0.2) is 5.41 Å². The standard InChI is InChI=1S/C13H23NO2/c1-6-8-9-13(10-14,12(3,4)5)11(15)16-7-2/h6-9H2,1-5H3. The van der Waals surface area contributed by atoms with Crippen molar-refractivity contribution in [3.8, 4) is 6.07 Å². The molecule has 0 aromatic rings. The number of carbonyl (C=O) groups is 1. The average molecular weight is 225 g/mol. The maximum absolute atomic E-state index is 12.0. The summed E-state index contributed by atoms with van der Waals surface area (Å²) in [7, 11) is 0. The van der Waals surface area contributed by atoms with Crippen molar-refractivity contribution in [2.24, 2.45) is 10.8 Å². The summed E-state index contributed by atoms with van der Waals surface area (Å²) in [6.07, 6.45) is 2.41. The Morgan fingerprint density at radius 2 is 1.88 bits per heavy atom. The highest BCUT2D eigenvalue weighted by atomic mass is 16.5. The van der Waals surface area contributed by atoms with Crippen LogP contribution in [0.4, 0.5) is 0 Å². The first kappa shape index (κ1) is 15.0. The molecular weight excluding hydrogens is 202 g/mol. The average Bonchev–Trinajstić information content (AvgIpc) is 2.18. The molecule has 1 atom stereocenters. The van der Waals surface area contributed by atoms with E-state index in [1.54, 1.807) is 6.92 Å². The van der Waals surface area contributed by atoms with Crippen molar-refractivity contribution < 1.29 is 9.53 Å². The number of esters is 1. The Kier molecular flexibility index (Phi) is 5.50. The van der Waals surface area contributed by atoms with E-state index in [1.165, 1.54) is 0 Å². The van der Waals surface area contributed by atoms with E-state index >= 15 is 0 Å². The predicted octanol–water partition coefficient (Wildman–Crippen LogP) is 3.30. The largest absolute Gasteiger partial charge is 0.465 e. The van der Waals surface area contributed by atoms with Crippen LogP contribution in [0.2, 0.25) is 0 Å². The van der Waals surface area contributed by atoms with Gasteiger partial charge in [-0.3, -0.25) is 4.79 Å². The zero-order valence-corrected chi connectivity index (χ0v) is 11.1. The summed E-state index contributed by atoms with van der Waals surface area (Å²) in [5.41, 5.74) is -1.41. The fourth-order valence-corrected chi connectivity index (χ4v) is 1.75. The zero-order chi connectivity index (χ0) is 12.8. The number of carbonyl (C=O) groups excluding carboxylic acids is 1. The van der Waals surface area contributed by atoms with E-state index < -0.39 is 10.8 Å². The number of nitrogens with zero attached hydrogens (tertiary/aromatic N) is 1. The van der Waals surface area contributed by atoms with Crippen molar-refractivity contribution >= 4 is 5.97 Å². The fourth-order valence-electron chi connectivity index (χ4n) is 1.75. The molecule has 0 saturated carbocycles. The van der Waals surface area contributed by atoms with Crippen molar-refractivity contribution in [3.63, 3.8) is 0 Å². The second kappa shape index (κ2) is 5.89. The van der Waals surface area contributed by atoms with Crippen molar-refractivity contribution in [3.05, 3.63) is 0 Å². The Morgan fingerprint density at radius 3 is 2.19 bits per heavy atom. The predicted molar refractivity (Wildman–Crippen MR) is 63.7 cm³/mol. The van der Waals surface area contributed by atoms with Gasteiger partial charge in [0.05, 0.1) is 12.7 Å². The molecule has 92 valence electrons. The molecule has 0 amide bonds. The number of hydrogen-bond acceptors (Lipinski definition) is 3. The van der Waals surface area contributed by atoms with E-state index in [2.05, 4.69) is 13.0 Å². The van der Waals surface area contributed by atoms with Gasteiger partial charge < -0.3 is 4.74 Å². The Bertz CT molecular complexity index is 273. The van der Waals surface area contributed by atoms with Crippen molar-refractivity contribution in [2.75, 3.05) is 6.61 Å². The number of unbranched alkanes of at least 4 members (excludes halogenated alkanes) is 1. The lowest BCUT2D eigenvalue weighted by Crippen LogP contribution is -2.43. The lowest BCUT2D eigenvalue weighted by atomic mass is 9.65. The summed E-state index contributed by atoms with van der Waals surface area (Å²) < 4.78 is 5.06. The van der Waals surface area contributed by atoms with E-state index in [0.717, 1.165) is 12.8 Å². The minimum atomic E-state index is -1.01. The van der Waals surface area contributed by atoms with Crippen LogP contribution in [0.5, 0.6) is 0 Å². The van der Waals surface area contributed by atoms with Crippen LogP contribution in [0.3, 0.4) is 0 Å². The quantitative estimate of drug-likeness (QED) is 0.674. The SMILES string of the molecule is CCCCC(C#N)(C(=O)OCC)C(C)(C)C. The molecule has 0 bridgehead atoms. The molecule has 0 aliphatic rings. The summed E-state index contributed by atoms with van der Waals surface area (Å²) in [5.74, 6) is -0.376. The molecule has 16 heavy (non-hydrogen) atoms. The highest BCUT2D eigenvalue weighted by molar-refractivity contribution is 5.81. The van der Waals surface area contributed by atoms with Crippen LogP contribution in [0.1, 0.15) is 53.9 Å². The lowest BCUT2D eigenvalue weighted by Gasteiger charge is -2.36. The van der Waals surface area contributed by atoms with Gasteiger partial charge in [0, 0.05) is 0 Å². The zero-order valence-electron chi connectivity index (χ0n) is 11.1. The molecule has 0 fully saturated rings. The molecule has 0 aromatic carbocycles. The molecule has 0 radical (unpaired) electrons. The molecule has 0 aromatic heterocycles. The fraction of sp³-hybridized carbons (Fsp3) is 0.846. The minimum absolute atomic E-state index is 0.324. The van der Waals surface area contributed by atoms with Gasteiger partial charge in [-0.15, -0.1) is 0 Å². The van der Waals surface area contributed by atoms with Gasteiger partial charge in [-0.2, -0.15) is 5.26 Å². The third kappa shape index (κ3) is 2.98. The second-order valence-electron chi connectivity index (χ2n) is 5.09. The summed E-state index contributed by atoms with van der Waals surface area (Å²) in [6, 6.07) is 2.20. The molecular formula is C13H23NO2. The highest BCUT2D eigenvalue weighted by Crippen LogP contribution is 2.43. The van der Waals surface area contributed by atoms with Crippen molar-refractivity contribution in [1.82, 2.24) is 0 Å². The van der Waals surface area contributed by atoms with Gasteiger partial charge in [-0.25, -0.2) is 0 Å². The van der Waals surface area contributed by atoms with E-state index in [0.29, 0.717) is 13.0 Å². The van der Waals surface area contributed by atoms with Gasteiger partial charge in [-0.1, -0.05) is 40.5 Å². The first-order valence-corrected chi connectivity index (χ1v) is 5.94. The molecule has 0 N–H and O–H groups in total. The maximum Gasteiger partial charge on any atom is 0.327 e. The molecule has 0 aliphatic heterocycles. The first-order chi connectivity index (χ1) is 7.35. The van der Waals surface area contributed by atoms with Gasteiger partial charge in [0.25, 0.3) is 0 Å². The second-order valence-corrected chi connectivity index (χ2v) is 5.09. The van der Waals surface area contributed by atoms with Crippen LogP contribution in [-0.2, 0) is 9.53 Å². The van der Waals surface area contributed by atoms with Crippen LogP contribution in [0.15, 0.2) is 0 Å². The minimum Gasteiger partial charge on any atom is -0.465 e. The van der Waals surface area contributed by atoms with Crippen LogP contribution >= 0.6 is 0 Å². The summed E-state index contributed by atoms with van der Waals surface area (Å²) >= 11 is 0. The monoisotopic (exact) mass is 225 g/mol. The Morgan fingerprint density at radius 1 is 1.31 bits per heavy atom. The summed E-state index contributed by atoms with van der Waals surface area (Å²) in [4.78, 5) is 12.0. The lowest BCUT2D eigenvalue weighted by molar-refractivity contribution is -0.158. The van der Waals surface area contributed by atoms with E-state index in [1.807, 2.05) is 20.8 Å². The van der Waals surface area contributed by atoms with E-state index in [-0.39, 0.29) is 5.97 Å². The third-order valence-electron chi connectivity index (χ3n) is 3.00. The number of rotatable bonds is 5. The van der Waals surface area contributed by atoms with Crippen LogP contribution in [-0.4, -0.2) is 12.6 Å². The molecule has 0 spiro atoms. The van der Waals surface area contributed by atoms with Crippen molar-refractivity contribution in [1.29, 1.82) is 5.26 Å². The normalized spacial score (nSPS) is 15.0. The number of nitriles is 1. The number of hydrogen-bond donors (Lipinski definition) is 0.